The van der Waals surface area contributed by atoms with Crippen molar-refractivity contribution in [1.82, 2.24) is 5.32 Å². The molecule has 2 heterocycles. The molecule has 31 heavy (non-hydrogen) atoms. The van der Waals surface area contributed by atoms with E-state index >= 15 is 0 Å². The molecule has 0 spiro atoms. The van der Waals surface area contributed by atoms with Crippen molar-refractivity contribution in [3.8, 4) is 0 Å². The van der Waals surface area contributed by atoms with Crippen LogP contribution in [0, 0.1) is 11.8 Å². The van der Waals surface area contributed by atoms with Crippen molar-refractivity contribution >= 4 is 23.3 Å². The standard InChI is InChI=1S/C17H19F6NO6S/c1-3-29-12(25)10-9(8-6-5-7-31-8)11(13(26)30-4-2)15(28,17(21,22)23)24-14(10,27)16(18,19)20/h5-7,9-11,24,27-28H,3-4H2,1-2H3/t9?,10-,11+,14+,15-. The van der Waals surface area contributed by atoms with Crippen LogP contribution in [0.5, 0.6) is 0 Å². The molecule has 1 unspecified atom stereocenters. The lowest BCUT2D eigenvalue weighted by molar-refractivity contribution is -0.376. The average molecular weight is 479 g/mol. The number of aliphatic hydroxyl groups is 2. The zero-order valence-corrected chi connectivity index (χ0v) is 16.9. The molecule has 14 heteroatoms. The Balaban J connectivity index is 2.89. The highest BCUT2D eigenvalue weighted by molar-refractivity contribution is 7.10. The van der Waals surface area contributed by atoms with Crippen molar-refractivity contribution in [1.29, 1.82) is 0 Å². The Bertz CT molecular complexity index is 752. The summed E-state index contributed by atoms with van der Waals surface area (Å²) in [6.45, 7) is 1.54. The Morgan fingerprint density at radius 1 is 1.00 bits per heavy atom. The molecule has 1 saturated heterocycles. The summed E-state index contributed by atoms with van der Waals surface area (Å²) in [5.74, 6) is -11.3. The fourth-order valence-corrected chi connectivity index (χ4v) is 4.46. The quantitative estimate of drug-likeness (QED) is 0.440. The molecule has 2 rings (SSSR count). The van der Waals surface area contributed by atoms with Gasteiger partial charge in [-0.3, -0.25) is 9.59 Å². The maximum absolute atomic E-state index is 13.9. The number of carbonyl (C=O) groups excluding carboxylic acids is 2. The monoisotopic (exact) mass is 479 g/mol. The van der Waals surface area contributed by atoms with Gasteiger partial charge in [0.15, 0.2) is 0 Å². The van der Waals surface area contributed by atoms with Crippen LogP contribution in [-0.4, -0.2) is 59.2 Å². The smallest absolute Gasteiger partial charge is 0.432 e. The first-order chi connectivity index (χ1) is 14.2. The molecule has 7 nitrogen and oxygen atoms in total. The van der Waals surface area contributed by atoms with Gasteiger partial charge in [0, 0.05) is 10.8 Å². The molecule has 1 aliphatic rings. The van der Waals surface area contributed by atoms with Crippen LogP contribution >= 0.6 is 11.3 Å². The van der Waals surface area contributed by atoms with Gasteiger partial charge in [-0.2, -0.15) is 26.3 Å². The second-order valence-electron chi connectivity index (χ2n) is 6.65. The van der Waals surface area contributed by atoms with Crippen LogP contribution in [0.15, 0.2) is 17.5 Å². The molecule has 0 aliphatic carbocycles. The molecule has 3 N–H and O–H groups in total. The van der Waals surface area contributed by atoms with E-state index in [4.69, 9.17) is 0 Å². The third-order valence-corrected chi connectivity index (χ3v) is 5.79. The first-order valence-corrected chi connectivity index (χ1v) is 9.77. The SMILES string of the molecule is CCOC(=O)[C@@H]1C(c2cccs2)[C@H](C(=O)OCC)[C@](O)(C(F)(F)F)N[C@]1(O)C(F)(F)F. The summed E-state index contributed by atoms with van der Waals surface area (Å²) < 4.78 is 92.5. The largest absolute Gasteiger partial charge is 0.466 e. The van der Waals surface area contributed by atoms with E-state index in [0.717, 1.165) is 11.4 Å². The zero-order chi connectivity index (χ0) is 23.8. The van der Waals surface area contributed by atoms with Crippen molar-refractivity contribution in [2.45, 2.75) is 43.6 Å². The molecular weight excluding hydrogens is 460 g/mol. The summed E-state index contributed by atoms with van der Waals surface area (Å²) in [7, 11) is 0. The summed E-state index contributed by atoms with van der Waals surface area (Å²) in [5, 5.41) is 22.8. The van der Waals surface area contributed by atoms with Gasteiger partial charge in [0.1, 0.15) is 11.8 Å². The van der Waals surface area contributed by atoms with Gasteiger partial charge in [-0.1, -0.05) is 6.07 Å². The number of ether oxygens (including phenoxy) is 2. The zero-order valence-electron chi connectivity index (χ0n) is 16.1. The van der Waals surface area contributed by atoms with Crippen molar-refractivity contribution in [3.05, 3.63) is 22.4 Å². The number of carbonyl (C=O) groups is 2. The third kappa shape index (κ3) is 4.25. The highest BCUT2D eigenvalue weighted by Gasteiger charge is 2.78. The van der Waals surface area contributed by atoms with Crippen LogP contribution in [0.1, 0.15) is 24.6 Å². The van der Waals surface area contributed by atoms with Gasteiger partial charge in [-0.15, -0.1) is 11.3 Å². The van der Waals surface area contributed by atoms with Crippen LogP contribution in [0.2, 0.25) is 0 Å². The summed E-state index contributed by atoms with van der Waals surface area (Å²) in [4.78, 5) is 24.7. The highest BCUT2D eigenvalue weighted by Crippen LogP contribution is 2.56. The second kappa shape index (κ2) is 8.56. The Morgan fingerprint density at radius 2 is 1.42 bits per heavy atom. The van der Waals surface area contributed by atoms with Crippen LogP contribution in [0.3, 0.4) is 0 Å². The lowest BCUT2D eigenvalue weighted by atomic mass is 9.66. The molecule has 0 aromatic carbocycles. The maximum atomic E-state index is 13.9. The Kier molecular flexibility index (Phi) is 7.00. The Hall–Kier alpha value is -1.90. The molecule has 0 saturated carbocycles. The molecule has 0 bridgehead atoms. The minimum atomic E-state index is -5.89. The van der Waals surface area contributed by atoms with Gasteiger partial charge in [-0.25, -0.2) is 5.32 Å². The summed E-state index contributed by atoms with van der Waals surface area (Å²) >= 11 is 0.630. The minimum Gasteiger partial charge on any atom is -0.466 e. The summed E-state index contributed by atoms with van der Waals surface area (Å²) in [5.41, 5.74) is -9.19. The number of hydrogen-bond acceptors (Lipinski definition) is 8. The van der Waals surface area contributed by atoms with E-state index < -0.39 is 66.7 Å². The molecule has 1 aromatic heterocycles. The minimum absolute atomic E-state index is 0.303. The van der Waals surface area contributed by atoms with E-state index in [1.807, 2.05) is 0 Å². The highest BCUT2D eigenvalue weighted by atomic mass is 32.1. The number of esters is 2. The van der Waals surface area contributed by atoms with E-state index in [2.05, 4.69) is 9.47 Å². The molecule has 0 amide bonds. The van der Waals surface area contributed by atoms with Gasteiger partial charge >= 0.3 is 24.3 Å². The lowest BCUT2D eigenvalue weighted by Crippen LogP contribution is -2.81. The lowest BCUT2D eigenvalue weighted by Gasteiger charge is -2.53. The molecule has 0 radical (unpaired) electrons. The fraction of sp³-hybridized carbons (Fsp3) is 0.647. The van der Waals surface area contributed by atoms with E-state index in [1.165, 1.54) is 25.3 Å². The van der Waals surface area contributed by atoms with Crippen molar-refractivity contribution in [2.24, 2.45) is 11.8 Å². The average Bonchev–Trinajstić information content (AvgIpc) is 3.13. The molecule has 1 fully saturated rings. The number of alkyl halides is 6. The van der Waals surface area contributed by atoms with Crippen LogP contribution in [0.4, 0.5) is 26.3 Å². The van der Waals surface area contributed by atoms with Gasteiger partial charge in [0.2, 0.25) is 11.4 Å². The number of nitrogens with one attached hydrogen (secondary N) is 1. The topological polar surface area (TPSA) is 105 Å². The first-order valence-electron chi connectivity index (χ1n) is 8.89. The molecule has 176 valence electrons. The maximum Gasteiger partial charge on any atom is 0.432 e. The van der Waals surface area contributed by atoms with Crippen LogP contribution < -0.4 is 5.32 Å². The van der Waals surface area contributed by atoms with E-state index in [0.29, 0.717) is 11.3 Å². The van der Waals surface area contributed by atoms with Crippen molar-refractivity contribution < 1.29 is 55.6 Å². The first kappa shape index (κ1) is 25.4. The van der Waals surface area contributed by atoms with Crippen molar-refractivity contribution in [3.63, 3.8) is 0 Å². The van der Waals surface area contributed by atoms with E-state index in [1.54, 1.807) is 0 Å². The second-order valence-corrected chi connectivity index (χ2v) is 7.63. The van der Waals surface area contributed by atoms with Gasteiger partial charge in [0.25, 0.3) is 0 Å². The van der Waals surface area contributed by atoms with Gasteiger partial charge < -0.3 is 19.7 Å². The fourth-order valence-electron chi connectivity index (χ4n) is 3.56. The number of rotatable bonds is 5. The summed E-state index contributed by atoms with van der Waals surface area (Å²) in [6, 6.07) is 2.33. The Morgan fingerprint density at radius 3 is 1.71 bits per heavy atom. The van der Waals surface area contributed by atoms with Crippen molar-refractivity contribution in [2.75, 3.05) is 13.2 Å². The number of halogens is 6. The van der Waals surface area contributed by atoms with Crippen LogP contribution in [0.25, 0.3) is 0 Å². The predicted octanol–water partition coefficient (Wildman–Crippen LogP) is 2.30. The van der Waals surface area contributed by atoms with E-state index in [9.17, 15) is 46.1 Å². The van der Waals surface area contributed by atoms with Crippen LogP contribution in [-0.2, 0) is 19.1 Å². The number of thiophene rings is 1. The molecular formula is C17H19F6NO6S. The molecule has 1 aromatic rings. The number of piperidine rings is 1. The number of hydrogen-bond donors (Lipinski definition) is 3. The normalized spacial score (nSPS) is 31.9. The summed E-state index contributed by atoms with van der Waals surface area (Å²) in [6.07, 6.45) is -11.8. The van der Waals surface area contributed by atoms with Gasteiger partial charge in [-0.05, 0) is 25.3 Å². The molecule has 5 atom stereocenters. The third-order valence-electron chi connectivity index (χ3n) is 4.82. The Labute approximate surface area is 175 Å². The van der Waals surface area contributed by atoms with E-state index in [-0.39, 0.29) is 4.88 Å². The predicted molar refractivity (Wildman–Crippen MR) is 92.5 cm³/mol. The van der Waals surface area contributed by atoms with Gasteiger partial charge in [0.05, 0.1) is 13.2 Å². The molecule has 1 aliphatic heterocycles.